The third-order valence-electron chi connectivity index (χ3n) is 4.68. The number of carbonyl (C=O) groups excluding carboxylic acids is 1. The highest BCUT2D eigenvalue weighted by atomic mass is 32.2. The number of aromatic carboxylic acids is 1. The first-order valence-electron chi connectivity index (χ1n) is 9.99. The van der Waals surface area contributed by atoms with Crippen molar-refractivity contribution in [2.45, 2.75) is 26.4 Å². The fourth-order valence-electron chi connectivity index (χ4n) is 3.16. The van der Waals surface area contributed by atoms with Crippen LogP contribution in [-0.2, 0) is 16.0 Å². The highest BCUT2D eigenvalue weighted by Crippen LogP contribution is 2.37. The van der Waals surface area contributed by atoms with Crippen molar-refractivity contribution in [2.75, 3.05) is 42.5 Å². The molecule has 1 aromatic carbocycles. The van der Waals surface area contributed by atoms with E-state index < -0.39 is 22.8 Å². The standard InChI is InChI=1S/C20H26N4O7S2/c1-20(2,3)31-19(27)23-9-7-22(8-10-23)18-21-16(12-32-18)24(33(28)29)14-6-5-13(17(25)26)11-15(14)30-4/h5-6,11-12H,7-10H2,1-4H3,(H,25,26)(H,28,29)/p-1. The minimum absolute atomic E-state index is 0.0333. The molecule has 1 unspecified atom stereocenters. The van der Waals surface area contributed by atoms with Gasteiger partial charge in [0.25, 0.3) is 0 Å². The summed E-state index contributed by atoms with van der Waals surface area (Å²) in [5.41, 5.74) is -0.462. The molecule has 33 heavy (non-hydrogen) atoms. The van der Waals surface area contributed by atoms with Crippen LogP contribution in [0, 0.1) is 0 Å². The summed E-state index contributed by atoms with van der Waals surface area (Å²) < 4.78 is 35.7. The maximum Gasteiger partial charge on any atom is 0.410 e. The van der Waals surface area contributed by atoms with E-state index in [-0.39, 0.29) is 28.9 Å². The molecule has 13 heteroatoms. The van der Waals surface area contributed by atoms with Crippen LogP contribution < -0.4 is 13.9 Å². The number of methoxy groups -OCH3 is 1. The van der Waals surface area contributed by atoms with Gasteiger partial charge in [-0.15, -0.1) is 11.3 Å². The summed E-state index contributed by atoms with van der Waals surface area (Å²) in [4.78, 5) is 31.5. The number of hydrogen-bond acceptors (Lipinski definition) is 9. The van der Waals surface area contributed by atoms with Crippen LogP contribution in [0.2, 0.25) is 0 Å². The predicted molar refractivity (Wildman–Crippen MR) is 123 cm³/mol. The zero-order valence-electron chi connectivity index (χ0n) is 18.6. The first kappa shape index (κ1) is 24.7. The van der Waals surface area contributed by atoms with Crippen molar-refractivity contribution in [3.8, 4) is 5.75 Å². The lowest BCUT2D eigenvalue weighted by atomic mass is 10.2. The van der Waals surface area contributed by atoms with Gasteiger partial charge in [-0.1, -0.05) is 0 Å². The van der Waals surface area contributed by atoms with E-state index >= 15 is 0 Å². The molecule has 1 saturated heterocycles. The van der Waals surface area contributed by atoms with Crippen LogP contribution in [0.4, 0.5) is 21.4 Å². The number of carboxylic acid groups (broad SMARTS) is 1. The summed E-state index contributed by atoms with van der Waals surface area (Å²) in [6.45, 7) is 7.38. The molecule has 0 bridgehead atoms. The van der Waals surface area contributed by atoms with Crippen LogP contribution in [0.25, 0.3) is 0 Å². The molecule has 3 rings (SSSR count). The Labute approximate surface area is 197 Å². The Balaban J connectivity index is 1.77. The van der Waals surface area contributed by atoms with E-state index in [0.29, 0.717) is 31.3 Å². The van der Waals surface area contributed by atoms with Crippen LogP contribution in [0.5, 0.6) is 5.75 Å². The van der Waals surface area contributed by atoms with Crippen LogP contribution in [-0.4, -0.2) is 74.7 Å². The molecule has 11 nitrogen and oxygen atoms in total. The molecule has 0 aliphatic carbocycles. The summed E-state index contributed by atoms with van der Waals surface area (Å²) >= 11 is -1.47. The average Bonchev–Trinajstić information content (AvgIpc) is 3.22. The molecule has 2 heterocycles. The van der Waals surface area contributed by atoms with Gasteiger partial charge in [-0.25, -0.2) is 18.9 Å². The molecule has 2 aromatic rings. The molecule has 1 aliphatic rings. The lowest BCUT2D eigenvalue weighted by Crippen LogP contribution is -2.50. The first-order chi connectivity index (χ1) is 15.5. The van der Waals surface area contributed by atoms with Crippen molar-refractivity contribution in [1.29, 1.82) is 0 Å². The number of nitrogens with zero attached hydrogens (tertiary/aromatic N) is 4. The van der Waals surface area contributed by atoms with Crippen LogP contribution in [0.1, 0.15) is 31.1 Å². The number of carbonyl (C=O) groups is 2. The molecule has 0 radical (unpaired) electrons. The summed E-state index contributed by atoms with van der Waals surface area (Å²) in [6.07, 6.45) is -0.369. The second-order valence-electron chi connectivity index (χ2n) is 8.15. The predicted octanol–water partition coefficient (Wildman–Crippen LogP) is 2.84. The quantitative estimate of drug-likeness (QED) is 0.598. The smallest absolute Gasteiger partial charge is 0.410 e. The Hall–Kier alpha value is -2.90. The van der Waals surface area contributed by atoms with E-state index in [9.17, 15) is 23.5 Å². The van der Waals surface area contributed by atoms with Crippen LogP contribution >= 0.6 is 11.3 Å². The van der Waals surface area contributed by atoms with Crippen LogP contribution in [0.3, 0.4) is 0 Å². The van der Waals surface area contributed by atoms with Crippen molar-refractivity contribution in [3.05, 3.63) is 29.1 Å². The molecule has 0 saturated carbocycles. The van der Waals surface area contributed by atoms with E-state index in [0.717, 1.165) is 4.31 Å². The fourth-order valence-corrected chi connectivity index (χ4v) is 4.63. The molecule has 1 fully saturated rings. The Morgan fingerprint density at radius 2 is 1.91 bits per heavy atom. The van der Waals surface area contributed by atoms with E-state index in [1.807, 2.05) is 25.7 Å². The van der Waals surface area contributed by atoms with Gasteiger partial charge in [0.05, 0.1) is 29.6 Å². The Morgan fingerprint density at radius 1 is 1.24 bits per heavy atom. The molecule has 0 spiro atoms. The monoisotopic (exact) mass is 497 g/mol. The highest BCUT2D eigenvalue weighted by Gasteiger charge is 2.28. The number of piperazine rings is 1. The maximum absolute atomic E-state index is 12.3. The first-order valence-corrected chi connectivity index (χ1v) is 11.9. The molecular formula is C20H25N4O7S2-. The van der Waals surface area contributed by atoms with E-state index in [1.54, 1.807) is 10.3 Å². The molecule has 1 N–H and O–H groups in total. The van der Waals surface area contributed by atoms with E-state index in [4.69, 9.17) is 9.47 Å². The Bertz CT molecular complexity index is 1050. The third-order valence-corrected chi connectivity index (χ3v) is 6.26. The zero-order valence-corrected chi connectivity index (χ0v) is 20.3. The zero-order chi connectivity index (χ0) is 24.3. The number of ether oxygens (including phenoxy) is 2. The van der Waals surface area contributed by atoms with Gasteiger partial charge in [0, 0.05) is 31.6 Å². The number of anilines is 3. The highest BCUT2D eigenvalue weighted by molar-refractivity contribution is 7.81. The number of rotatable bonds is 6. The SMILES string of the molecule is COc1cc(C(=O)O)ccc1N(c1csc(N2CCN(C(=O)OC(C)(C)C)CC2)n1)S(=O)[O-]. The molecule has 1 atom stereocenters. The lowest BCUT2D eigenvalue weighted by Gasteiger charge is -2.35. The number of hydrogen-bond donors (Lipinski definition) is 1. The summed E-state index contributed by atoms with van der Waals surface area (Å²) in [6, 6.07) is 3.90. The van der Waals surface area contributed by atoms with Crippen molar-refractivity contribution in [1.82, 2.24) is 9.88 Å². The van der Waals surface area contributed by atoms with Gasteiger partial charge in [-0.05, 0) is 39.0 Å². The van der Waals surface area contributed by atoms with Gasteiger partial charge in [0.1, 0.15) is 11.4 Å². The minimum Gasteiger partial charge on any atom is -0.755 e. The number of benzene rings is 1. The molecule has 180 valence electrons. The van der Waals surface area contributed by atoms with Crippen molar-refractivity contribution < 1.29 is 32.9 Å². The van der Waals surface area contributed by atoms with Gasteiger partial charge in [0.2, 0.25) is 0 Å². The van der Waals surface area contributed by atoms with Crippen molar-refractivity contribution in [2.24, 2.45) is 0 Å². The Morgan fingerprint density at radius 3 is 2.45 bits per heavy atom. The maximum atomic E-state index is 12.3. The number of carboxylic acids is 1. The lowest BCUT2D eigenvalue weighted by molar-refractivity contribution is 0.0240. The van der Waals surface area contributed by atoms with Gasteiger partial charge < -0.3 is 28.9 Å². The topological polar surface area (TPSA) is 136 Å². The largest absolute Gasteiger partial charge is 0.755 e. The van der Waals surface area contributed by atoms with E-state index in [2.05, 4.69) is 4.98 Å². The molecule has 1 aromatic heterocycles. The third kappa shape index (κ3) is 5.92. The normalized spacial score (nSPS) is 15.2. The fraction of sp³-hybridized carbons (Fsp3) is 0.450. The second-order valence-corrected chi connectivity index (χ2v) is 9.78. The minimum atomic E-state index is -2.74. The number of thiazole rings is 1. The van der Waals surface area contributed by atoms with Gasteiger partial charge in [-0.2, -0.15) is 0 Å². The number of aromatic nitrogens is 1. The summed E-state index contributed by atoms with van der Waals surface area (Å²) in [7, 11) is 1.33. The summed E-state index contributed by atoms with van der Waals surface area (Å²) in [5, 5.41) is 11.4. The second kappa shape index (κ2) is 9.93. The van der Waals surface area contributed by atoms with Gasteiger partial charge >= 0.3 is 12.1 Å². The van der Waals surface area contributed by atoms with Gasteiger partial charge in [-0.3, -0.25) is 4.21 Å². The van der Waals surface area contributed by atoms with Gasteiger partial charge in [0.15, 0.2) is 10.9 Å². The molecule has 1 amide bonds. The van der Waals surface area contributed by atoms with E-state index in [1.165, 1.54) is 36.6 Å². The average molecular weight is 498 g/mol. The van der Waals surface area contributed by atoms with Crippen LogP contribution in [0.15, 0.2) is 23.6 Å². The van der Waals surface area contributed by atoms with Crippen molar-refractivity contribution >= 4 is 51.3 Å². The molecular weight excluding hydrogens is 472 g/mol. The molecule has 1 aliphatic heterocycles. The van der Waals surface area contributed by atoms with Crippen molar-refractivity contribution in [3.63, 3.8) is 0 Å². The number of amides is 1. The Kier molecular flexibility index (Phi) is 7.44. The summed E-state index contributed by atoms with van der Waals surface area (Å²) in [5.74, 6) is -0.921.